The summed E-state index contributed by atoms with van der Waals surface area (Å²) in [6.07, 6.45) is -2.14. The van der Waals surface area contributed by atoms with Gasteiger partial charge < -0.3 is 10.2 Å². The Balaban J connectivity index is 0.00000200. The topological polar surface area (TPSA) is 15.3 Å². The molecular weight excluding hydrogens is 289 g/mol. The molecule has 114 valence electrons. The minimum Gasteiger partial charge on any atom is -0.369 e. The highest BCUT2D eigenvalue weighted by Gasteiger charge is 2.31. The van der Waals surface area contributed by atoms with E-state index in [2.05, 4.69) is 12.2 Å². The molecule has 1 saturated heterocycles. The molecule has 0 amide bonds. The molecule has 6 heteroatoms. The van der Waals surface area contributed by atoms with Crippen LogP contribution in [0.15, 0.2) is 24.3 Å². The molecule has 1 atom stereocenters. The standard InChI is InChI=1S/C14H19F3N2.ClH/c1-2-4-12-10-19(8-7-18-12)13-6-3-5-11(9-13)14(15,16)17;/h3,5-6,9,12,18H,2,4,7-8,10H2,1H3;1H. The van der Waals surface area contributed by atoms with Crippen molar-refractivity contribution in [3.8, 4) is 0 Å². The molecule has 1 heterocycles. The Morgan fingerprint density at radius 1 is 1.35 bits per heavy atom. The van der Waals surface area contributed by atoms with E-state index in [1.807, 2.05) is 4.90 Å². The Labute approximate surface area is 123 Å². The number of alkyl halides is 3. The zero-order valence-corrected chi connectivity index (χ0v) is 12.2. The number of benzene rings is 1. The fraction of sp³-hybridized carbons (Fsp3) is 0.571. The van der Waals surface area contributed by atoms with Gasteiger partial charge in [-0.05, 0) is 24.6 Å². The van der Waals surface area contributed by atoms with E-state index in [4.69, 9.17) is 0 Å². The van der Waals surface area contributed by atoms with Gasteiger partial charge in [-0.2, -0.15) is 13.2 Å². The van der Waals surface area contributed by atoms with E-state index in [-0.39, 0.29) is 12.4 Å². The van der Waals surface area contributed by atoms with Gasteiger partial charge in [0.15, 0.2) is 0 Å². The minimum absolute atomic E-state index is 0. The largest absolute Gasteiger partial charge is 0.416 e. The maximum atomic E-state index is 12.7. The fourth-order valence-electron chi connectivity index (χ4n) is 2.48. The van der Waals surface area contributed by atoms with Crippen LogP contribution in [0.1, 0.15) is 25.3 Å². The van der Waals surface area contributed by atoms with E-state index in [0.29, 0.717) is 11.7 Å². The van der Waals surface area contributed by atoms with Gasteiger partial charge >= 0.3 is 6.18 Å². The van der Waals surface area contributed by atoms with Gasteiger partial charge in [0, 0.05) is 31.4 Å². The van der Waals surface area contributed by atoms with Crippen LogP contribution in [-0.2, 0) is 6.18 Å². The highest BCUT2D eigenvalue weighted by Crippen LogP contribution is 2.31. The predicted molar refractivity (Wildman–Crippen MR) is 77.6 cm³/mol. The van der Waals surface area contributed by atoms with Crippen LogP contribution >= 0.6 is 12.4 Å². The Morgan fingerprint density at radius 2 is 2.10 bits per heavy atom. The van der Waals surface area contributed by atoms with Gasteiger partial charge in [-0.25, -0.2) is 0 Å². The second kappa shape index (κ2) is 7.18. The third-order valence-corrected chi connectivity index (χ3v) is 3.43. The van der Waals surface area contributed by atoms with Crippen molar-refractivity contribution in [3.05, 3.63) is 29.8 Å². The highest BCUT2D eigenvalue weighted by molar-refractivity contribution is 5.85. The lowest BCUT2D eigenvalue weighted by molar-refractivity contribution is -0.137. The Morgan fingerprint density at radius 3 is 2.75 bits per heavy atom. The number of nitrogens with zero attached hydrogens (tertiary/aromatic N) is 1. The van der Waals surface area contributed by atoms with E-state index in [0.717, 1.165) is 38.5 Å². The molecule has 2 nitrogen and oxygen atoms in total. The van der Waals surface area contributed by atoms with Crippen LogP contribution in [0.2, 0.25) is 0 Å². The van der Waals surface area contributed by atoms with Crippen LogP contribution in [-0.4, -0.2) is 25.7 Å². The number of nitrogens with one attached hydrogen (secondary N) is 1. The molecule has 0 bridgehead atoms. The average molecular weight is 309 g/mol. The Kier molecular flexibility index (Phi) is 6.14. The summed E-state index contributed by atoms with van der Waals surface area (Å²) in [6.45, 7) is 4.46. The Hall–Kier alpha value is -0.940. The summed E-state index contributed by atoms with van der Waals surface area (Å²) in [6, 6.07) is 5.97. The van der Waals surface area contributed by atoms with Crippen LogP contribution in [0, 0.1) is 0 Å². The van der Waals surface area contributed by atoms with Crippen molar-refractivity contribution in [2.75, 3.05) is 24.5 Å². The molecule has 1 aliphatic rings. The van der Waals surface area contributed by atoms with Gasteiger partial charge in [0.25, 0.3) is 0 Å². The third-order valence-electron chi connectivity index (χ3n) is 3.43. The van der Waals surface area contributed by atoms with Crippen LogP contribution in [0.25, 0.3) is 0 Å². The zero-order chi connectivity index (χ0) is 13.9. The molecule has 1 N–H and O–H groups in total. The molecule has 1 fully saturated rings. The SMILES string of the molecule is CCCC1CN(c2cccc(C(F)(F)F)c2)CCN1.Cl. The van der Waals surface area contributed by atoms with Crippen molar-refractivity contribution in [3.63, 3.8) is 0 Å². The molecule has 0 aromatic heterocycles. The summed E-state index contributed by atoms with van der Waals surface area (Å²) in [4.78, 5) is 2.03. The second-order valence-electron chi connectivity index (χ2n) is 4.93. The number of piperazine rings is 1. The molecule has 1 aromatic rings. The molecular formula is C14H20ClF3N2. The number of halogens is 4. The van der Waals surface area contributed by atoms with Crippen molar-refractivity contribution in [1.82, 2.24) is 5.32 Å². The van der Waals surface area contributed by atoms with Crippen molar-refractivity contribution in [2.45, 2.75) is 32.0 Å². The monoisotopic (exact) mass is 308 g/mol. The average Bonchev–Trinajstić information content (AvgIpc) is 2.39. The first-order valence-electron chi connectivity index (χ1n) is 6.66. The summed E-state index contributed by atoms with van der Waals surface area (Å²) >= 11 is 0. The van der Waals surface area contributed by atoms with E-state index in [1.165, 1.54) is 12.1 Å². The summed E-state index contributed by atoms with van der Waals surface area (Å²) in [5.74, 6) is 0. The quantitative estimate of drug-likeness (QED) is 0.916. The van der Waals surface area contributed by atoms with E-state index in [9.17, 15) is 13.2 Å². The summed E-state index contributed by atoms with van der Waals surface area (Å²) in [5.41, 5.74) is 0.0907. The van der Waals surface area contributed by atoms with Gasteiger partial charge in [-0.1, -0.05) is 19.4 Å². The van der Waals surface area contributed by atoms with Gasteiger partial charge in [-0.15, -0.1) is 12.4 Å². The second-order valence-corrected chi connectivity index (χ2v) is 4.93. The molecule has 1 aromatic carbocycles. The van der Waals surface area contributed by atoms with E-state index in [1.54, 1.807) is 6.07 Å². The van der Waals surface area contributed by atoms with Gasteiger partial charge in [0.1, 0.15) is 0 Å². The maximum absolute atomic E-state index is 12.7. The predicted octanol–water partition coefficient (Wildman–Crippen LogP) is 3.71. The lowest BCUT2D eigenvalue weighted by Crippen LogP contribution is -2.50. The molecule has 0 saturated carbocycles. The molecule has 1 aliphatic heterocycles. The summed E-state index contributed by atoms with van der Waals surface area (Å²) in [7, 11) is 0. The number of hydrogen-bond donors (Lipinski definition) is 1. The van der Waals surface area contributed by atoms with Crippen LogP contribution in [0.5, 0.6) is 0 Å². The maximum Gasteiger partial charge on any atom is 0.416 e. The first-order valence-corrected chi connectivity index (χ1v) is 6.66. The minimum atomic E-state index is -4.27. The van der Waals surface area contributed by atoms with E-state index < -0.39 is 11.7 Å². The number of anilines is 1. The molecule has 2 rings (SSSR count). The number of rotatable bonds is 3. The first-order chi connectivity index (χ1) is 9.00. The van der Waals surface area contributed by atoms with Crippen LogP contribution in [0.3, 0.4) is 0 Å². The lowest BCUT2D eigenvalue weighted by Gasteiger charge is -2.35. The zero-order valence-electron chi connectivity index (χ0n) is 11.4. The molecule has 0 radical (unpaired) electrons. The molecule has 0 spiro atoms. The summed E-state index contributed by atoms with van der Waals surface area (Å²) in [5, 5.41) is 3.40. The smallest absolute Gasteiger partial charge is 0.369 e. The highest BCUT2D eigenvalue weighted by atomic mass is 35.5. The summed E-state index contributed by atoms with van der Waals surface area (Å²) < 4.78 is 38.1. The molecule has 0 aliphatic carbocycles. The van der Waals surface area contributed by atoms with Gasteiger partial charge in [0.2, 0.25) is 0 Å². The lowest BCUT2D eigenvalue weighted by atomic mass is 10.1. The normalized spacial score (nSPS) is 19.6. The van der Waals surface area contributed by atoms with Crippen molar-refractivity contribution in [2.24, 2.45) is 0 Å². The fourth-order valence-corrected chi connectivity index (χ4v) is 2.48. The van der Waals surface area contributed by atoms with E-state index >= 15 is 0 Å². The molecule has 20 heavy (non-hydrogen) atoms. The van der Waals surface area contributed by atoms with Crippen molar-refractivity contribution >= 4 is 18.1 Å². The van der Waals surface area contributed by atoms with Crippen LogP contribution < -0.4 is 10.2 Å². The third kappa shape index (κ3) is 4.28. The van der Waals surface area contributed by atoms with Gasteiger partial charge in [0.05, 0.1) is 5.56 Å². The number of hydrogen-bond acceptors (Lipinski definition) is 2. The molecule has 1 unspecified atom stereocenters. The van der Waals surface area contributed by atoms with Gasteiger partial charge in [-0.3, -0.25) is 0 Å². The first kappa shape index (κ1) is 17.1. The van der Waals surface area contributed by atoms with Crippen molar-refractivity contribution in [1.29, 1.82) is 0 Å². The van der Waals surface area contributed by atoms with Crippen molar-refractivity contribution < 1.29 is 13.2 Å². The Bertz CT molecular complexity index is 421. The van der Waals surface area contributed by atoms with Crippen LogP contribution in [0.4, 0.5) is 18.9 Å².